The Morgan fingerprint density at radius 3 is 2.94 bits per heavy atom. The number of ether oxygens (including phenoxy) is 1. The van der Waals surface area contributed by atoms with E-state index in [0.29, 0.717) is 18.4 Å². The highest BCUT2D eigenvalue weighted by Gasteiger charge is 2.22. The molecule has 1 aliphatic carbocycles. The molecule has 0 saturated heterocycles. The molecular weight excluding hydrogens is 230 g/mol. The number of H-pyrrole nitrogens is 1. The lowest BCUT2D eigenvalue weighted by Gasteiger charge is -2.09. The number of methoxy groups -OCH3 is 1. The first-order chi connectivity index (χ1) is 8.70. The van der Waals surface area contributed by atoms with Gasteiger partial charge in [-0.3, -0.25) is 4.79 Å². The molecule has 4 heteroatoms. The number of esters is 1. The van der Waals surface area contributed by atoms with Gasteiger partial charge in [0.15, 0.2) is 0 Å². The number of hydrogen-bond donors (Lipinski definition) is 1. The SMILES string of the molecule is COC(=O)c1cccc2c3c([nH]c12)CCC(=O)C3. The Kier molecular flexibility index (Phi) is 2.44. The first-order valence-electron chi connectivity index (χ1n) is 5.93. The molecule has 1 N–H and O–H groups in total. The van der Waals surface area contributed by atoms with Crippen LogP contribution in [0.1, 0.15) is 28.0 Å². The minimum absolute atomic E-state index is 0.256. The van der Waals surface area contributed by atoms with Crippen LogP contribution in [0.25, 0.3) is 10.9 Å². The molecule has 1 aliphatic rings. The second-order valence-corrected chi connectivity index (χ2v) is 4.52. The number of hydrogen-bond acceptors (Lipinski definition) is 3. The van der Waals surface area contributed by atoms with Gasteiger partial charge in [0.2, 0.25) is 0 Å². The van der Waals surface area contributed by atoms with Crippen LogP contribution in [-0.4, -0.2) is 23.8 Å². The van der Waals surface area contributed by atoms with Gasteiger partial charge in [-0.15, -0.1) is 0 Å². The van der Waals surface area contributed by atoms with Crippen LogP contribution in [0.2, 0.25) is 0 Å². The molecule has 1 heterocycles. The van der Waals surface area contributed by atoms with Crippen molar-refractivity contribution in [1.29, 1.82) is 0 Å². The quantitative estimate of drug-likeness (QED) is 0.779. The fourth-order valence-corrected chi connectivity index (χ4v) is 2.57. The van der Waals surface area contributed by atoms with Crippen LogP contribution in [0.4, 0.5) is 0 Å². The van der Waals surface area contributed by atoms with E-state index in [9.17, 15) is 9.59 Å². The van der Waals surface area contributed by atoms with Crippen molar-refractivity contribution in [1.82, 2.24) is 4.98 Å². The summed E-state index contributed by atoms with van der Waals surface area (Å²) >= 11 is 0. The molecule has 0 fully saturated rings. The predicted octanol–water partition coefficient (Wildman–Crippen LogP) is 2.01. The molecule has 0 unspecified atom stereocenters. The molecule has 1 aromatic carbocycles. The van der Waals surface area contributed by atoms with E-state index in [4.69, 9.17) is 4.74 Å². The third-order valence-electron chi connectivity index (χ3n) is 3.46. The van der Waals surface area contributed by atoms with Gasteiger partial charge in [0.05, 0.1) is 18.2 Å². The van der Waals surface area contributed by atoms with Crippen molar-refractivity contribution in [3.05, 3.63) is 35.0 Å². The Morgan fingerprint density at radius 1 is 1.33 bits per heavy atom. The Hall–Kier alpha value is -2.10. The summed E-state index contributed by atoms with van der Waals surface area (Å²) in [5.74, 6) is -0.0996. The van der Waals surface area contributed by atoms with Crippen LogP contribution >= 0.6 is 0 Å². The second kappa shape index (κ2) is 3.98. The number of benzene rings is 1. The molecule has 3 rings (SSSR count). The summed E-state index contributed by atoms with van der Waals surface area (Å²) in [6.07, 6.45) is 1.76. The summed E-state index contributed by atoms with van der Waals surface area (Å²) in [5, 5.41) is 0.959. The van der Waals surface area contributed by atoms with Crippen molar-refractivity contribution in [3.63, 3.8) is 0 Å². The van der Waals surface area contributed by atoms with Crippen LogP contribution in [0.15, 0.2) is 18.2 Å². The lowest BCUT2D eigenvalue weighted by molar-refractivity contribution is -0.118. The Bertz CT molecular complexity index is 654. The third kappa shape index (κ3) is 1.53. The summed E-state index contributed by atoms with van der Waals surface area (Å²) in [4.78, 5) is 26.5. The van der Waals surface area contributed by atoms with Gasteiger partial charge in [0, 0.05) is 23.9 Å². The average Bonchev–Trinajstić information content (AvgIpc) is 2.75. The van der Waals surface area contributed by atoms with Crippen molar-refractivity contribution in [2.45, 2.75) is 19.3 Å². The number of carbonyl (C=O) groups excluding carboxylic acids is 2. The minimum atomic E-state index is -0.356. The molecule has 0 spiro atoms. The van der Waals surface area contributed by atoms with E-state index in [-0.39, 0.29) is 11.8 Å². The molecule has 18 heavy (non-hydrogen) atoms. The van der Waals surface area contributed by atoms with Crippen molar-refractivity contribution in [2.75, 3.05) is 7.11 Å². The van der Waals surface area contributed by atoms with E-state index in [0.717, 1.165) is 28.6 Å². The maximum absolute atomic E-state index is 11.7. The molecule has 92 valence electrons. The van der Waals surface area contributed by atoms with Crippen LogP contribution in [0, 0.1) is 0 Å². The standard InChI is InChI=1S/C14H13NO3/c1-18-14(17)10-4-2-3-9-11-7-8(16)5-6-12(11)15-13(9)10/h2-4,15H,5-7H2,1H3. The number of Topliss-reactive ketones (excluding diaryl/α,β-unsaturated/α-hetero) is 1. The highest BCUT2D eigenvalue weighted by atomic mass is 16.5. The zero-order chi connectivity index (χ0) is 12.7. The number of nitrogens with one attached hydrogen (secondary N) is 1. The maximum Gasteiger partial charge on any atom is 0.339 e. The predicted molar refractivity (Wildman–Crippen MR) is 66.7 cm³/mol. The van der Waals surface area contributed by atoms with E-state index in [1.165, 1.54) is 7.11 Å². The molecule has 0 atom stereocenters. The second-order valence-electron chi connectivity index (χ2n) is 4.52. The van der Waals surface area contributed by atoms with Gasteiger partial charge in [0.1, 0.15) is 5.78 Å². The van der Waals surface area contributed by atoms with Crippen LogP contribution < -0.4 is 0 Å². The monoisotopic (exact) mass is 243 g/mol. The summed E-state index contributed by atoms with van der Waals surface area (Å²) in [6, 6.07) is 5.50. The first kappa shape index (κ1) is 11.0. The van der Waals surface area contributed by atoms with E-state index in [1.807, 2.05) is 12.1 Å². The topological polar surface area (TPSA) is 59.2 Å². The molecule has 1 aromatic heterocycles. The molecule has 2 aromatic rings. The highest BCUT2D eigenvalue weighted by molar-refractivity contribution is 6.05. The van der Waals surface area contributed by atoms with Crippen LogP contribution in [0.5, 0.6) is 0 Å². The summed E-state index contributed by atoms with van der Waals surface area (Å²) in [6.45, 7) is 0. The minimum Gasteiger partial charge on any atom is -0.465 e. The Balaban J connectivity index is 2.25. The normalized spacial score (nSPS) is 14.6. The molecule has 4 nitrogen and oxygen atoms in total. The zero-order valence-electron chi connectivity index (χ0n) is 10.1. The fourth-order valence-electron chi connectivity index (χ4n) is 2.57. The van der Waals surface area contributed by atoms with E-state index < -0.39 is 0 Å². The zero-order valence-corrected chi connectivity index (χ0v) is 10.1. The lowest BCUT2D eigenvalue weighted by Crippen LogP contribution is -2.11. The number of fused-ring (bicyclic) bond motifs is 3. The third-order valence-corrected chi connectivity index (χ3v) is 3.46. The van der Waals surface area contributed by atoms with Crippen molar-refractivity contribution in [2.24, 2.45) is 0 Å². The molecule has 0 aliphatic heterocycles. The number of aromatic nitrogens is 1. The van der Waals surface area contributed by atoms with Gasteiger partial charge >= 0.3 is 5.97 Å². The maximum atomic E-state index is 11.7. The Morgan fingerprint density at radius 2 is 2.17 bits per heavy atom. The van der Waals surface area contributed by atoms with Gasteiger partial charge in [-0.25, -0.2) is 4.79 Å². The van der Waals surface area contributed by atoms with Gasteiger partial charge in [-0.2, -0.15) is 0 Å². The van der Waals surface area contributed by atoms with Crippen molar-refractivity contribution >= 4 is 22.7 Å². The molecule has 0 radical (unpaired) electrons. The molecule has 0 bridgehead atoms. The molecule has 0 amide bonds. The largest absolute Gasteiger partial charge is 0.465 e. The van der Waals surface area contributed by atoms with Gasteiger partial charge in [-0.1, -0.05) is 12.1 Å². The van der Waals surface area contributed by atoms with E-state index in [1.54, 1.807) is 6.07 Å². The Labute approximate surface area is 104 Å². The summed E-state index contributed by atoms with van der Waals surface area (Å²) in [7, 11) is 1.37. The lowest BCUT2D eigenvalue weighted by atomic mass is 9.94. The van der Waals surface area contributed by atoms with Crippen LogP contribution in [-0.2, 0) is 22.4 Å². The number of para-hydroxylation sites is 1. The number of aromatic amines is 1. The van der Waals surface area contributed by atoms with E-state index >= 15 is 0 Å². The van der Waals surface area contributed by atoms with Gasteiger partial charge in [-0.05, 0) is 18.1 Å². The van der Waals surface area contributed by atoms with Gasteiger partial charge in [0.25, 0.3) is 0 Å². The van der Waals surface area contributed by atoms with Crippen LogP contribution in [0.3, 0.4) is 0 Å². The first-order valence-corrected chi connectivity index (χ1v) is 5.93. The number of rotatable bonds is 1. The van der Waals surface area contributed by atoms with Crippen molar-refractivity contribution < 1.29 is 14.3 Å². The fraction of sp³-hybridized carbons (Fsp3) is 0.286. The highest BCUT2D eigenvalue weighted by Crippen LogP contribution is 2.29. The summed E-state index contributed by atoms with van der Waals surface area (Å²) in [5.41, 5.74) is 3.41. The number of carbonyl (C=O) groups is 2. The van der Waals surface area contributed by atoms with Gasteiger partial charge < -0.3 is 9.72 Å². The van der Waals surface area contributed by atoms with E-state index in [2.05, 4.69) is 4.98 Å². The molecular formula is C14H13NO3. The average molecular weight is 243 g/mol. The molecule has 0 saturated carbocycles. The number of ketones is 1. The summed E-state index contributed by atoms with van der Waals surface area (Å²) < 4.78 is 4.77. The van der Waals surface area contributed by atoms with Crippen molar-refractivity contribution in [3.8, 4) is 0 Å². The number of aryl methyl sites for hydroxylation is 1. The smallest absolute Gasteiger partial charge is 0.339 e.